The normalized spacial score (nSPS) is 18.6. The zero-order chi connectivity index (χ0) is 27.0. The summed E-state index contributed by atoms with van der Waals surface area (Å²) in [5, 5.41) is 2.39. The van der Waals surface area contributed by atoms with E-state index in [4.69, 9.17) is 0 Å². The Labute approximate surface area is 207 Å². The molecule has 14 heteroatoms. The second-order valence-corrected chi connectivity index (χ2v) is 10.0. The maximum atomic E-state index is 14.6. The van der Waals surface area contributed by atoms with Gasteiger partial charge in [-0.3, -0.25) is 4.79 Å². The maximum Gasteiger partial charge on any atom is 0.419 e. The Bertz CT molecular complexity index is 1420. The highest BCUT2D eigenvalue weighted by molar-refractivity contribution is 7.89. The lowest BCUT2D eigenvalue weighted by atomic mass is 10.1. The molecule has 196 valence electrons. The molecule has 2 unspecified atom stereocenters. The molecular formula is C23H18F6N4O3S. The minimum absolute atomic E-state index is 0.0247. The minimum Gasteiger partial charge on any atom is -0.349 e. The Hall–Kier alpha value is -3.52. The molecule has 1 N–H and O–H groups in total. The first-order valence-electron chi connectivity index (χ1n) is 10.7. The molecule has 0 saturated carbocycles. The van der Waals surface area contributed by atoms with Gasteiger partial charge in [0.1, 0.15) is 30.2 Å². The van der Waals surface area contributed by atoms with Gasteiger partial charge in [0.15, 0.2) is 0 Å². The van der Waals surface area contributed by atoms with Gasteiger partial charge < -0.3 is 5.32 Å². The van der Waals surface area contributed by atoms with Crippen LogP contribution in [-0.2, 0) is 27.5 Å². The van der Waals surface area contributed by atoms with Crippen molar-refractivity contribution in [2.24, 2.45) is 0 Å². The lowest BCUT2D eigenvalue weighted by molar-refractivity contribution is -0.140. The lowest BCUT2D eigenvalue weighted by Crippen LogP contribution is -2.49. The molecule has 1 aliphatic rings. The van der Waals surface area contributed by atoms with Crippen LogP contribution in [0.1, 0.15) is 17.7 Å². The van der Waals surface area contributed by atoms with E-state index in [1.54, 1.807) is 0 Å². The first-order valence-corrected chi connectivity index (χ1v) is 12.2. The highest BCUT2D eigenvalue weighted by Gasteiger charge is 2.46. The van der Waals surface area contributed by atoms with Crippen LogP contribution in [0.25, 0.3) is 11.3 Å². The molecular weight excluding hydrogens is 526 g/mol. The van der Waals surface area contributed by atoms with Crippen LogP contribution < -0.4 is 5.32 Å². The third-order valence-corrected chi connectivity index (χ3v) is 7.60. The van der Waals surface area contributed by atoms with E-state index in [0.29, 0.717) is 16.4 Å². The van der Waals surface area contributed by atoms with Crippen LogP contribution in [0.4, 0.5) is 26.3 Å². The minimum atomic E-state index is -4.86. The molecule has 0 radical (unpaired) electrons. The molecule has 1 saturated heterocycles. The molecule has 2 aromatic carbocycles. The smallest absolute Gasteiger partial charge is 0.349 e. The summed E-state index contributed by atoms with van der Waals surface area (Å²) >= 11 is 0. The molecule has 2 atom stereocenters. The Morgan fingerprint density at radius 3 is 2.41 bits per heavy atom. The number of hydrogen-bond acceptors (Lipinski definition) is 5. The summed E-state index contributed by atoms with van der Waals surface area (Å²) in [5.74, 6) is -3.10. The first-order chi connectivity index (χ1) is 17.4. The summed E-state index contributed by atoms with van der Waals surface area (Å²) in [6.45, 7) is -0.568. The highest BCUT2D eigenvalue weighted by Crippen LogP contribution is 2.33. The van der Waals surface area contributed by atoms with Crippen molar-refractivity contribution in [1.29, 1.82) is 0 Å². The Kier molecular flexibility index (Phi) is 7.24. The number of alkyl halides is 4. The fourth-order valence-electron chi connectivity index (χ4n) is 3.87. The van der Waals surface area contributed by atoms with Crippen LogP contribution in [0.2, 0.25) is 0 Å². The average Bonchev–Trinajstić information content (AvgIpc) is 3.24. The van der Waals surface area contributed by atoms with Crippen molar-refractivity contribution in [2.45, 2.75) is 36.3 Å². The zero-order valence-corrected chi connectivity index (χ0v) is 19.5. The van der Waals surface area contributed by atoms with Gasteiger partial charge in [-0.05, 0) is 48.9 Å². The van der Waals surface area contributed by atoms with Gasteiger partial charge >= 0.3 is 6.18 Å². The van der Waals surface area contributed by atoms with Gasteiger partial charge in [-0.15, -0.1) is 0 Å². The van der Waals surface area contributed by atoms with E-state index in [1.165, 1.54) is 6.07 Å². The van der Waals surface area contributed by atoms with Gasteiger partial charge in [-0.25, -0.2) is 31.6 Å². The predicted molar refractivity (Wildman–Crippen MR) is 118 cm³/mol. The number of nitrogens with one attached hydrogen (secondary N) is 1. The molecule has 3 aromatic rings. The molecule has 37 heavy (non-hydrogen) atoms. The van der Waals surface area contributed by atoms with E-state index < -0.39 is 51.5 Å². The molecule has 4 rings (SSSR count). The third-order valence-electron chi connectivity index (χ3n) is 5.70. The van der Waals surface area contributed by atoms with E-state index in [1.807, 2.05) is 0 Å². The lowest BCUT2D eigenvalue weighted by Gasteiger charge is -2.24. The van der Waals surface area contributed by atoms with Crippen molar-refractivity contribution >= 4 is 15.9 Å². The summed E-state index contributed by atoms with van der Waals surface area (Å²) in [4.78, 5) is 20.3. The molecule has 2 heterocycles. The molecule has 1 fully saturated rings. The number of nitrogens with zero attached hydrogens (tertiary/aromatic N) is 3. The predicted octanol–water partition coefficient (Wildman–Crippen LogP) is 3.86. The van der Waals surface area contributed by atoms with Crippen molar-refractivity contribution in [3.63, 3.8) is 0 Å². The van der Waals surface area contributed by atoms with Gasteiger partial charge in [-0.1, -0.05) is 6.07 Å². The van der Waals surface area contributed by atoms with Gasteiger partial charge in [0.05, 0.1) is 28.4 Å². The van der Waals surface area contributed by atoms with Crippen molar-refractivity contribution < 1.29 is 39.6 Å². The summed E-state index contributed by atoms with van der Waals surface area (Å²) in [7, 11) is -4.30. The number of carbonyl (C=O) groups excluding carboxylic acids is 1. The number of aromatic nitrogens is 2. The SMILES string of the molecule is O=C(NCc1cc(-c2ccc(C(F)(F)F)c(F)c2)ncn1)C1C(F)CCN1S(=O)(=O)c1ccc(F)cc1. The van der Waals surface area contributed by atoms with Crippen LogP contribution >= 0.6 is 0 Å². The quantitative estimate of drug-likeness (QED) is 0.476. The molecule has 0 bridgehead atoms. The fraction of sp³-hybridized carbons (Fsp3) is 0.261. The molecule has 7 nitrogen and oxygen atoms in total. The highest BCUT2D eigenvalue weighted by atomic mass is 32.2. The van der Waals surface area contributed by atoms with E-state index in [2.05, 4.69) is 15.3 Å². The zero-order valence-electron chi connectivity index (χ0n) is 18.7. The van der Waals surface area contributed by atoms with Gasteiger partial charge in [0, 0.05) is 12.1 Å². The van der Waals surface area contributed by atoms with Crippen molar-refractivity contribution in [1.82, 2.24) is 19.6 Å². The fourth-order valence-corrected chi connectivity index (χ4v) is 5.50. The molecule has 1 aromatic heterocycles. The van der Waals surface area contributed by atoms with Crippen molar-refractivity contribution in [3.8, 4) is 11.3 Å². The second-order valence-electron chi connectivity index (χ2n) is 8.12. The van der Waals surface area contributed by atoms with Crippen molar-refractivity contribution in [3.05, 3.63) is 77.8 Å². The van der Waals surface area contributed by atoms with Crippen LogP contribution in [0.3, 0.4) is 0 Å². The topological polar surface area (TPSA) is 92.3 Å². The summed E-state index contributed by atoms with van der Waals surface area (Å²) in [6.07, 6.45) is -5.84. The van der Waals surface area contributed by atoms with Crippen molar-refractivity contribution in [2.75, 3.05) is 6.54 Å². The molecule has 1 amide bonds. The monoisotopic (exact) mass is 544 g/mol. The Balaban J connectivity index is 1.49. The van der Waals surface area contributed by atoms with Gasteiger partial charge in [0.25, 0.3) is 0 Å². The maximum absolute atomic E-state index is 14.6. The van der Waals surface area contributed by atoms with Crippen LogP contribution in [-0.4, -0.2) is 47.4 Å². The largest absolute Gasteiger partial charge is 0.419 e. The summed E-state index contributed by atoms with van der Waals surface area (Å²) < 4.78 is 107. The van der Waals surface area contributed by atoms with Crippen LogP contribution in [0.5, 0.6) is 0 Å². The number of rotatable bonds is 6. The molecule has 0 aliphatic carbocycles. The molecule has 0 spiro atoms. The number of carbonyl (C=O) groups is 1. The summed E-state index contributed by atoms with van der Waals surface area (Å²) in [5.41, 5.74) is -1.19. The second kappa shape index (κ2) is 10.1. The van der Waals surface area contributed by atoms with Crippen LogP contribution in [0, 0.1) is 11.6 Å². The number of sulfonamides is 1. The Morgan fingerprint density at radius 2 is 1.76 bits per heavy atom. The average molecular weight is 544 g/mol. The van der Waals surface area contributed by atoms with Gasteiger partial charge in [-0.2, -0.15) is 17.5 Å². The number of hydrogen-bond donors (Lipinski definition) is 1. The Morgan fingerprint density at radius 1 is 1.05 bits per heavy atom. The number of amides is 1. The van der Waals surface area contributed by atoms with Gasteiger partial charge in [0.2, 0.25) is 15.9 Å². The third kappa shape index (κ3) is 5.59. The summed E-state index contributed by atoms with van der Waals surface area (Å²) in [6, 6.07) is 5.76. The van der Waals surface area contributed by atoms with E-state index in [-0.39, 0.29) is 41.4 Å². The van der Waals surface area contributed by atoms with E-state index >= 15 is 0 Å². The standard InChI is InChI=1S/C23H18F6N4O3S/c24-14-2-4-16(5-3-14)37(35,36)33-8-7-18(25)21(33)22(34)30-11-15-10-20(32-12-31-15)13-1-6-17(19(26)9-13)23(27,28)29/h1-6,9-10,12,18,21H,7-8,11H2,(H,30,34). The van der Waals surface area contributed by atoms with E-state index in [9.17, 15) is 39.6 Å². The number of halogens is 6. The molecule has 1 aliphatic heterocycles. The first kappa shape index (κ1) is 26.5. The van der Waals surface area contributed by atoms with E-state index in [0.717, 1.165) is 36.7 Å². The van der Waals surface area contributed by atoms with Crippen LogP contribution in [0.15, 0.2) is 59.8 Å². The number of benzene rings is 2.